The minimum absolute atomic E-state index is 0.199. The summed E-state index contributed by atoms with van der Waals surface area (Å²) in [5.74, 6) is -0.400. The molecule has 0 aliphatic carbocycles. The highest BCUT2D eigenvalue weighted by molar-refractivity contribution is 9.10. The molecule has 0 heterocycles. The molecule has 0 aliphatic heterocycles. The van der Waals surface area contributed by atoms with E-state index in [4.69, 9.17) is 4.74 Å². The number of halogens is 1. The summed E-state index contributed by atoms with van der Waals surface area (Å²) < 4.78 is 5.72. The molecule has 0 saturated carbocycles. The maximum Gasteiger partial charge on any atom is 0.312 e. The molecule has 0 fully saturated rings. The zero-order valence-corrected chi connectivity index (χ0v) is 10.1. The SMILES string of the molecule is COC(=O)C(C)c1ccc(Br)cc1C. The molecule has 0 N–H and O–H groups in total. The monoisotopic (exact) mass is 256 g/mol. The number of methoxy groups -OCH3 is 1. The third-order valence-electron chi connectivity index (χ3n) is 2.25. The number of carbonyl (C=O) groups is 1. The summed E-state index contributed by atoms with van der Waals surface area (Å²) in [6, 6.07) is 5.87. The van der Waals surface area contributed by atoms with Gasteiger partial charge < -0.3 is 4.74 Å². The number of hydrogen-bond donors (Lipinski definition) is 0. The van der Waals surface area contributed by atoms with Crippen molar-refractivity contribution < 1.29 is 9.53 Å². The Morgan fingerprint density at radius 3 is 2.64 bits per heavy atom. The standard InChI is InChI=1S/C11H13BrO2/c1-7-6-9(12)4-5-10(7)8(2)11(13)14-3/h4-6,8H,1-3H3. The van der Waals surface area contributed by atoms with Crippen LogP contribution in [0.15, 0.2) is 22.7 Å². The molecule has 3 heteroatoms. The molecule has 1 rings (SSSR count). The van der Waals surface area contributed by atoms with E-state index in [2.05, 4.69) is 15.9 Å². The van der Waals surface area contributed by atoms with Gasteiger partial charge in [0.1, 0.15) is 0 Å². The maximum atomic E-state index is 11.3. The molecule has 2 nitrogen and oxygen atoms in total. The Labute approximate surface area is 92.4 Å². The Bertz CT molecular complexity index is 347. The Morgan fingerprint density at radius 1 is 1.50 bits per heavy atom. The summed E-state index contributed by atoms with van der Waals surface area (Å²) in [6.07, 6.45) is 0. The van der Waals surface area contributed by atoms with E-state index < -0.39 is 0 Å². The molecule has 0 radical (unpaired) electrons. The van der Waals surface area contributed by atoms with Crippen LogP contribution < -0.4 is 0 Å². The van der Waals surface area contributed by atoms with Gasteiger partial charge in [-0.1, -0.05) is 22.0 Å². The number of aryl methyl sites for hydroxylation is 1. The van der Waals surface area contributed by atoms with Crippen molar-refractivity contribution >= 4 is 21.9 Å². The number of carbonyl (C=O) groups excluding carboxylic acids is 1. The van der Waals surface area contributed by atoms with Crippen molar-refractivity contribution in [1.29, 1.82) is 0 Å². The van der Waals surface area contributed by atoms with Crippen LogP contribution in [0, 0.1) is 6.92 Å². The molecule has 0 spiro atoms. The van der Waals surface area contributed by atoms with E-state index in [1.165, 1.54) is 7.11 Å². The molecule has 0 aliphatic rings. The van der Waals surface area contributed by atoms with Crippen molar-refractivity contribution in [1.82, 2.24) is 0 Å². The molecular weight excluding hydrogens is 244 g/mol. The van der Waals surface area contributed by atoms with Gasteiger partial charge in [-0.25, -0.2) is 0 Å². The van der Waals surface area contributed by atoms with Gasteiger partial charge in [-0.3, -0.25) is 4.79 Å². The Balaban J connectivity index is 3.01. The Morgan fingerprint density at radius 2 is 2.14 bits per heavy atom. The van der Waals surface area contributed by atoms with Gasteiger partial charge in [-0.15, -0.1) is 0 Å². The van der Waals surface area contributed by atoms with Crippen LogP contribution in [-0.4, -0.2) is 13.1 Å². The van der Waals surface area contributed by atoms with E-state index in [0.717, 1.165) is 15.6 Å². The molecule has 1 aromatic rings. The molecule has 0 aromatic heterocycles. The van der Waals surface area contributed by atoms with E-state index in [-0.39, 0.29) is 11.9 Å². The van der Waals surface area contributed by atoms with Crippen molar-refractivity contribution in [2.24, 2.45) is 0 Å². The molecular formula is C11H13BrO2. The summed E-state index contributed by atoms with van der Waals surface area (Å²) in [5, 5.41) is 0. The molecule has 1 atom stereocenters. The topological polar surface area (TPSA) is 26.3 Å². The van der Waals surface area contributed by atoms with E-state index >= 15 is 0 Å². The quantitative estimate of drug-likeness (QED) is 0.761. The lowest BCUT2D eigenvalue weighted by Crippen LogP contribution is -2.11. The highest BCUT2D eigenvalue weighted by atomic mass is 79.9. The number of hydrogen-bond acceptors (Lipinski definition) is 2. The van der Waals surface area contributed by atoms with Crippen LogP contribution in [0.3, 0.4) is 0 Å². The van der Waals surface area contributed by atoms with Gasteiger partial charge in [0.2, 0.25) is 0 Å². The molecule has 1 unspecified atom stereocenters. The van der Waals surface area contributed by atoms with E-state index in [1.54, 1.807) is 0 Å². The van der Waals surface area contributed by atoms with Crippen LogP contribution in [0.5, 0.6) is 0 Å². The van der Waals surface area contributed by atoms with Crippen molar-refractivity contribution in [2.75, 3.05) is 7.11 Å². The van der Waals surface area contributed by atoms with Gasteiger partial charge in [0.05, 0.1) is 13.0 Å². The average molecular weight is 257 g/mol. The van der Waals surface area contributed by atoms with Crippen molar-refractivity contribution in [2.45, 2.75) is 19.8 Å². The maximum absolute atomic E-state index is 11.3. The predicted octanol–water partition coefficient (Wildman–Crippen LogP) is 3.03. The number of esters is 1. The van der Waals surface area contributed by atoms with Crippen LogP contribution in [0.4, 0.5) is 0 Å². The normalized spacial score (nSPS) is 12.3. The van der Waals surface area contributed by atoms with Gasteiger partial charge in [-0.05, 0) is 37.1 Å². The smallest absolute Gasteiger partial charge is 0.312 e. The van der Waals surface area contributed by atoms with Crippen LogP contribution >= 0.6 is 15.9 Å². The van der Waals surface area contributed by atoms with Gasteiger partial charge >= 0.3 is 5.97 Å². The van der Waals surface area contributed by atoms with Gasteiger partial charge in [0.25, 0.3) is 0 Å². The number of rotatable bonds is 2. The van der Waals surface area contributed by atoms with Crippen LogP contribution in [0.1, 0.15) is 24.0 Å². The predicted molar refractivity (Wildman–Crippen MR) is 59.3 cm³/mol. The fraction of sp³-hybridized carbons (Fsp3) is 0.364. The van der Waals surface area contributed by atoms with Gasteiger partial charge in [-0.2, -0.15) is 0 Å². The third-order valence-corrected chi connectivity index (χ3v) is 2.75. The minimum Gasteiger partial charge on any atom is -0.469 e. The summed E-state index contributed by atoms with van der Waals surface area (Å²) in [6.45, 7) is 3.83. The molecule has 76 valence electrons. The first-order valence-electron chi connectivity index (χ1n) is 4.40. The van der Waals surface area contributed by atoms with Crippen molar-refractivity contribution in [3.05, 3.63) is 33.8 Å². The highest BCUT2D eigenvalue weighted by Gasteiger charge is 2.17. The lowest BCUT2D eigenvalue weighted by molar-refractivity contribution is -0.142. The van der Waals surface area contributed by atoms with Crippen molar-refractivity contribution in [3.8, 4) is 0 Å². The summed E-state index contributed by atoms with van der Waals surface area (Å²) in [4.78, 5) is 11.3. The molecule has 0 saturated heterocycles. The van der Waals surface area contributed by atoms with Crippen LogP contribution in [0.2, 0.25) is 0 Å². The second kappa shape index (κ2) is 4.60. The number of ether oxygens (including phenoxy) is 1. The lowest BCUT2D eigenvalue weighted by atomic mass is 9.97. The summed E-state index contributed by atoms with van der Waals surface area (Å²) in [5.41, 5.74) is 2.11. The largest absolute Gasteiger partial charge is 0.469 e. The van der Waals surface area contributed by atoms with E-state index in [0.29, 0.717) is 0 Å². The average Bonchev–Trinajstić information content (AvgIpc) is 2.15. The Hall–Kier alpha value is -0.830. The van der Waals surface area contributed by atoms with Crippen molar-refractivity contribution in [3.63, 3.8) is 0 Å². The fourth-order valence-corrected chi connectivity index (χ4v) is 1.90. The minimum atomic E-state index is -0.201. The molecule has 0 bridgehead atoms. The lowest BCUT2D eigenvalue weighted by Gasteiger charge is -2.12. The first-order valence-corrected chi connectivity index (χ1v) is 5.19. The molecule has 1 aromatic carbocycles. The van der Waals surface area contributed by atoms with E-state index in [9.17, 15) is 4.79 Å². The summed E-state index contributed by atoms with van der Waals surface area (Å²) >= 11 is 3.38. The third kappa shape index (κ3) is 2.35. The first kappa shape index (κ1) is 11.2. The molecule has 14 heavy (non-hydrogen) atoms. The zero-order valence-electron chi connectivity index (χ0n) is 8.50. The first-order chi connectivity index (χ1) is 6.56. The molecule has 0 amide bonds. The van der Waals surface area contributed by atoms with E-state index in [1.807, 2.05) is 32.0 Å². The van der Waals surface area contributed by atoms with Gasteiger partial charge in [0.15, 0.2) is 0 Å². The second-order valence-corrected chi connectivity index (χ2v) is 4.16. The van der Waals surface area contributed by atoms with Crippen LogP contribution in [0.25, 0.3) is 0 Å². The second-order valence-electron chi connectivity index (χ2n) is 3.25. The van der Waals surface area contributed by atoms with Crippen LogP contribution in [-0.2, 0) is 9.53 Å². The fourth-order valence-electron chi connectivity index (χ4n) is 1.43. The summed E-state index contributed by atoms with van der Waals surface area (Å²) in [7, 11) is 1.41. The van der Waals surface area contributed by atoms with Gasteiger partial charge in [0, 0.05) is 4.47 Å². The highest BCUT2D eigenvalue weighted by Crippen LogP contribution is 2.23. The zero-order chi connectivity index (χ0) is 10.7. The Kier molecular flexibility index (Phi) is 3.69. The number of benzene rings is 1.